The Morgan fingerprint density at radius 3 is 2.16 bits per heavy atom. The van der Waals surface area contributed by atoms with E-state index in [9.17, 15) is 9.59 Å². The van der Waals surface area contributed by atoms with Crippen molar-refractivity contribution in [2.75, 3.05) is 23.3 Å². The molecule has 3 aromatic carbocycles. The van der Waals surface area contributed by atoms with Crippen LogP contribution in [0.25, 0.3) is 0 Å². The zero-order valence-electron chi connectivity index (χ0n) is 18.2. The summed E-state index contributed by atoms with van der Waals surface area (Å²) in [6, 6.07) is 26.3. The van der Waals surface area contributed by atoms with Crippen LogP contribution in [-0.4, -0.2) is 30.9 Å². The summed E-state index contributed by atoms with van der Waals surface area (Å²) < 4.78 is 0. The van der Waals surface area contributed by atoms with Crippen LogP contribution in [0.2, 0.25) is 0 Å². The number of anilines is 2. The van der Waals surface area contributed by atoms with Crippen LogP contribution in [0.4, 0.5) is 11.4 Å². The molecule has 1 atom stereocenters. The van der Waals surface area contributed by atoms with E-state index >= 15 is 0 Å². The first kappa shape index (κ1) is 21.6. The van der Waals surface area contributed by atoms with Gasteiger partial charge in [0.15, 0.2) is 0 Å². The molecule has 0 aliphatic carbocycles. The molecule has 0 bridgehead atoms. The Balaban J connectivity index is 1.50. The van der Waals surface area contributed by atoms with Crippen LogP contribution in [-0.2, 0) is 11.2 Å². The van der Waals surface area contributed by atoms with Gasteiger partial charge in [-0.05, 0) is 55.5 Å². The lowest BCUT2D eigenvalue weighted by molar-refractivity contribution is -0.118. The number of hydrogen-bond acceptors (Lipinski definition) is 3. The first-order valence-electron chi connectivity index (χ1n) is 11.3. The molecule has 0 radical (unpaired) electrons. The number of nitrogens with one attached hydrogen (secondary N) is 2. The first-order chi connectivity index (χ1) is 15.7. The second-order valence-electron chi connectivity index (χ2n) is 8.12. The molecule has 1 aliphatic rings. The maximum absolute atomic E-state index is 13.3. The van der Waals surface area contributed by atoms with Crippen LogP contribution in [0.15, 0.2) is 84.9 Å². The number of carbonyl (C=O) groups excluding carboxylic acids is 2. The molecular weight excluding hydrogens is 398 g/mol. The highest BCUT2D eigenvalue weighted by Crippen LogP contribution is 2.28. The summed E-state index contributed by atoms with van der Waals surface area (Å²) in [6.07, 6.45) is 3.53. The van der Waals surface area contributed by atoms with Gasteiger partial charge >= 0.3 is 0 Å². The molecule has 1 fully saturated rings. The molecule has 0 aromatic heterocycles. The van der Waals surface area contributed by atoms with E-state index in [-0.39, 0.29) is 11.8 Å². The minimum Gasteiger partial charge on any atom is -0.370 e. The van der Waals surface area contributed by atoms with Crippen LogP contribution in [0.5, 0.6) is 0 Å². The van der Waals surface area contributed by atoms with E-state index in [2.05, 4.69) is 15.5 Å². The van der Waals surface area contributed by atoms with E-state index in [0.29, 0.717) is 18.4 Å². The topological polar surface area (TPSA) is 61.4 Å². The Morgan fingerprint density at radius 2 is 1.44 bits per heavy atom. The summed E-state index contributed by atoms with van der Waals surface area (Å²) in [5.41, 5.74) is 3.51. The maximum Gasteiger partial charge on any atom is 0.251 e. The normalized spacial score (nSPS) is 14.1. The fraction of sp³-hybridized carbons (Fsp3) is 0.259. The predicted molar refractivity (Wildman–Crippen MR) is 129 cm³/mol. The largest absolute Gasteiger partial charge is 0.370 e. The maximum atomic E-state index is 13.3. The van der Waals surface area contributed by atoms with Crippen molar-refractivity contribution < 1.29 is 9.59 Å². The smallest absolute Gasteiger partial charge is 0.251 e. The summed E-state index contributed by atoms with van der Waals surface area (Å²) in [5, 5.41) is 6.03. The standard InChI is InChI=1S/C27H29N3O2/c31-26(22-13-5-2-6-14-22)29-24(18-17-21-11-3-1-4-12-21)27(32)28-23-15-7-8-16-25(23)30-19-9-10-20-30/h1-8,11-16,24H,9-10,17-20H2,(H,28,32)(H,29,31). The van der Waals surface area contributed by atoms with Crippen LogP contribution < -0.4 is 15.5 Å². The molecule has 5 heteroatoms. The lowest BCUT2D eigenvalue weighted by Gasteiger charge is -2.23. The van der Waals surface area contributed by atoms with E-state index in [0.717, 1.165) is 42.9 Å². The number of rotatable bonds is 8. The van der Waals surface area contributed by atoms with Crippen molar-refractivity contribution in [3.8, 4) is 0 Å². The van der Waals surface area contributed by atoms with E-state index in [4.69, 9.17) is 0 Å². The highest BCUT2D eigenvalue weighted by Gasteiger charge is 2.23. The molecule has 3 aromatic rings. The Labute approximate surface area is 189 Å². The molecule has 1 aliphatic heterocycles. The molecule has 5 nitrogen and oxygen atoms in total. The zero-order valence-corrected chi connectivity index (χ0v) is 18.2. The van der Waals surface area contributed by atoms with Crippen LogP contribution in [0, 0.1) is 0 Å². The van der Waals surface area contributed by atoms with Gasteiger partial charge in [-0.1, -0.05) is 60.7 Å². The van der Waals surface area contributed by atoms with Crippen molar-refractivity contribution in [1.82, 2.24) is 5.32 Å². The van der Waals surface area contributed by atoms with Crippen LogP contribution in [0.3, 0.4) is 0 Å². The zero-order chi connectivity index (χ0) is 22.2. The van der Waals surface area contributed by atoms with E-state index in [1.807, 2.05) is 72.8 Å². The fourth-order valence-electron chi connectivity index (χ4n) is 4.09. The van der Waals surface area contributed by atoms with E-state index in [1.165, 1.54) is 0 Å². The van der Waals surface area contributed by atoms with Crippen LogP contribution >= 0.6 is 0 Å². The monoisotopic (exact) mass is 427 g/mol. The fourth-order valence-corrected chi connectivity index (χ4v) is 4.09. The Morgan fingerprint density at radius 1 is 0.812 bits per heavy atom. The van der Waals surface area contributed by atoms with Crippen molar-refractivity contribution in [3.63, 3.8) is 0 Å². The van der Waals surface area contributed by atoms with Crippen molar-refractivity contribution in [2.45, 2.75) is 31.7 Å². The molecular formula is C27H29N3O2. The SMILES string of the molecule is O=C(NC(CCc1ccccc1)C(=O)Nc1ccccc1N1CCCC1)c1ccccc1. The van der Waals surface area contributed by atoms with E-state index < -0.39 is 6.04 Å². The van der Waals surface area contributed by atoms with Crippen molar-refractivity contribution in [1.29, 1.82) is 0 Å². The quantitative estimate of drug-likeness (QED) is 0.550. The molecule has 2 N–H and O–H groups in total. The molecule has 4 rings (SSSR count). The number of amides is 2. The lowest BCUT2D eigenvalue weighted by atomic mass is 10.0. The Hall–Kier alpha value is -3.60. The lowest BCUT2D eigenvalue weighted by Crippen LogP contribution is -2.44. The molecule has 0 spiro atoms. The van der Waals surface area contributed by atoms with Gasteiger partial charge in [-0.25, -0.2) is 0 Å². The number of aryl methyl sites for hydroxylation is 1. The number of para-hydroxylation sites is 2. The number of benzene rings is 3. The third-order valence-electron chi connectivity index (χ3n) is 5.83. The van der Waals surface area contributed by atoms with Crippen molar-refractivity contribution >= 4 is 23.2 Å². The molecule has 2 amide bonds. The molecule has 1 saturated heterocycles. The summed E-state index contributed by atoms with van der Waals surface area (Å²) in [6.45, 7) is 1.99. The van der Waals surface area contributed by atoms with Gasteiger partial charge in [0.1, 0.15) is 6.04 Å². The Kier molecular flexibility index (Phi) is 7.18. The minimum atomic E-state index is -0.644. The summed E-state index contributed by atoms with van der Waals surface area (Å²) in [7, 11) is 0. The highest BCUT2D eigenvalue weighted by molar-refractivity contribution is 6.02. The van der Waals surface area contributed by atoms with Gasteiger partial charge in [-0.15, -0.1) is 0 Å². The third-order valence-corrected chi connectivity index (χ3v) is 5.83. The molecule has 1 unspecified atom stereocenters. The van der Waals surface area contributed by atoms with Gasteiger partial charge in [0.25, 0.3) is 5.91 Å². The molecule has 0 saturated carbocycles. The van der Waals surface area contributed by atoms with E-state index in [1.54, 1.807) is 12.1 Å². The number of hydrogen-bond donors (Lipinski definition) is 2. The molecule has 32 heavy (non-hydrogen) atoms. The highest BCUT2D eigenvalue weighted by atomic mass is 16.2. The third kappa shape index (κ3) is 5.55. The van der Waals surface area contributed by atoms with Crippen molar-refractivity contribution in [2.24, 2.45) is 0 Å². The summed E-state index contributed by atoms with van der Waals surface area (Å²) in [4.78, 5) is 28.4. The average Bonchev–Trinajstić information content (AvgIpc) is 3.38. The van der Waals surface area contributed by atoms with Crippen LogP contribution in [0.1, 0.15) is 35.2 Å². The second kappa shape index (κ2) is 10.6. The predicted octanol–water partition coefficient (Wildman–Crippen LogP) is 4.66. The number of carbonyl (C=O) groups is 2. The summed E-state index contributed by atoms with van der Waals surface area (Å²) >= 11 is 0. The average molecular weight is 428 g/mol. The number of nitrogens with zero attached hydrogens (tertiary/aromatic N) is 1. The van der Waals surface area contributed by atoms with Gasteiger partial charge in [0.2, 0.25) is 5.91 Å². The van der Waals surface area contributed by atoms with Gasteiger partial charge in [0.05, 0.1) is 11.4 Å². The summed E-state index contributed by atoms with van der Waals surface area (Å²) in [5.74, 6) is -0.441. The van der Waals surface area contributed by atoms with Crippen molar-refractivity contribution in [3.05, 3.63) is 96.1 Å². The van der Waals surface area contributed by atoms with Gasteiger partial charge in [-0.3, -0.25) is 9.59 Å². The second-order valence-corrected chi connectivity index (χ2v) is 8.12. The van der Waals surface area contributed by atoms with Gasteiger partial charge < -0.3 is 15.5 Å². The molecule has 164 valence electrons. The minimum absolute atomic E-state index is 0.197. The van der Waals surface area contributed by atoms with Gasteiger partial charge in [0, 0.05) is 18.7 Å². The first-order valence-corrected chi connectivity index (χ1v) is 11.3. The Bertz CT molecular complexity index is 1030. The van der Waals surface area contributed by atoms with Gasteiger partial charge in [-0.2, -0.15) is 0 Å². The molecule has 1 heterocycles.